The monoisotopic (exact) mass is 368 g/mol. The van der Waals surface area contributed by atoms with Crippen LogP contribution in [0.5, 0.6) is 0 Å². The van der Waals surface area contributed by atoms with E-state index in [0.717, 1.165) is 35.5 Å². The molecular weight excluding hydrogens is 324 g/mol. The molecule has 0 nitrogen and oxygen atoms in total. The summed E-state index contributed by atoms with van der Waals surface area (Å²) in [6.45, 7) is 12.7. The van der Waals surface area contributed by atoms with Crippen molar-refractivity contribution >= 4 is 0 Å². The van der Waals surface area contributed by atoms with Gasteiger partial charge in [0.2, 0.25) is 0 Å². The molecule has 0 saturated heterocycles. The predicted molar refractivity (Wildman–Crippen MR) is 118 cm³/mol. The zero-order valence-electron chi connectivity index (χ0n) is 18.8. The summed E-state index contributed by atoms with van der Waals surface area (Å²) in [5, 5.41) is 0. The van der Waals surface area contributed by atoms with Gasteiger partial charge in [-0.3, -0.25) is 0 Å². The minimum Gasteiger partial charge on any atom is -0.0842 e. The molecule has 4 rings (SSSR count). The van der Waals surface area contributed by atoms with Crippen LogP contribution < -0.4 is 0 Å². The molecule has 27 heavy (non-hydrogen) atoms. The fourth-order valence-electron chi connectivity index (χ4n) is 8.32. The summed E-state index contributed by atoms with van der Waals surface area (Å²) >= 11 is 0. The minimum atomic E-state index is 0.486. The van der Waals surface area contributed by atoms with Crippen LogP contribution in [0.2, 0.25) is 0 Å². The molecule has 4 aliphatic rings. The van der Waals surface area contributed by atoms with E-state index in [1.165, 1.54) is 64.2 Å². The quantitative estimate of drug-likeness (QED) is 0.459. The standard InChI is InChI=1S/C27H44/c1-19(2)9-8-10-20(3)23-14-15-24-22-13-12-21-11-6-7-17-26(21,4)25(22)16-18-27(23,24)5/h6,11-12,19-20,22-25H,7-10,13-18H2,1-5H3/t20-,22+,23-,24+,25+,26-,27+/m0/s1. The zero-order chi connectivity index (χ0) is 19.2. The molecule has 0 N–H and O–H groups in total. The lowest BCUT2D eigenvalue weighted by Crippen LogP contribution is -2.49. The van der Waals surface area contributed by atoms with Crippen molar-refractivity contribution in [1.29, 1.82) is 0 Å². The van der Waals surface area contributed by atoms with Gasteiger partial charge in [-0.25, -0.2) is 0 Å². The first kappa shape index (κ1) is 19.8. The molecular formula is C27H44. The fraction of sp³-hybridized carbons (Fsp3) is 0.852. The highest BCUT2D eigenvalue weighted by atomic mass is 14.6. The number of allylic oxidation sites excluding steroid dienone is 4. The number of hydrogen-bond donors (Lipinski definition) is 0. The molecule has 0 unspecified atom stereocenters. The van der Waals surface area contributed by atoms with Gasteiger partial charge in [-0.05, 0) is 96.9 Å². The van der Waals surface area contributed by atoms with Gasteiger partial charge >= 0.3 is 0 Å². The van der Waals surface area contributed by atoms with Crippen LogP contribution in [-0.4, -0.2) is 0 Å². The highest BCUT2D eigenvalue weighted by molar-refractivity contribution is 5.34. The summed E-state index contributed by atoms with van der Waals surface area (Å²) in [6, 6.07) is 0. The molecule has 0 amide bonds. The Balaban J connectivity index is 1.50. The van der Waals surface area contributed by atoms with Crippen LogP contribution in [0.3, 0.4) is 0 Å². The number of rotatable bonds is 5. The first-order valence-corrected chi connectivity index (χ1v) is 12.2. The highest BCUT2D eigenvalue weighted by Gasteiger charge is 2.58. The Morgan fingerprint density at radius 3 is 2.59 bits per heavy atom. The lowest BCUT2D eigenvalue weighted by atomic mass is 9.47. The number of fused-ring (bicyclic) bond motifs is 5. The molecule has 0 aromatic carbocycles. The van der Waals surface area contributed by atoms with E-state index in [9.17, 15) is 0 Å². The summed E-state index contributed by atoms with van der Waals surface area (Å²) in [4.78, 5) is 0. The first-order chi connectivity index (χ1) is 12.9. The van der Waals surface area contributed by atoms with Crippen molar-refractivity contribution in [1.82, 2.24) is 0 Å². The molecule has 2 fully saturated rings. The smallest absolute Gasteiger partial charge is 0.00445 e. The SMILES string of the molecule is CC(C)CCC[C@H](C)[C@@H]1CC[C@@H]2[C@H]3CC=C4C=CCC[C@]4(C)[C@@H]3CC[C@@]21C. The summed E-state index contributed by atoms with van der Waals surface area (Å²) < 4.78 is 0. The van der Waals surface area contributed by atoms with E-state index in [4.69, 9.17) is 0 Å². The molecule has 0 aromatic rings. The van der Waals surface area contributed by atoms with Gasteiger partial charge in [-0.1, -0.05) is 72.1 Å². The van der Waals surface area contributed by atoms with E-state index in [-0.39, 0.29) is 0 Å². The topological polar surface area (TPSA) is 0 Å². The van der Waals surface area contributed by atoms with Crippen LogP contribution >= 0.6 is 0 Å². The maximum Gasteiger partial charge on any atom is -0.00445 e. The van der Waals surface area contributed by atoms with Crippen molar-refractivity contribution in [2.24, 2.45) is 46.3 Å². The van der Waals surface area contributed by atoms with Crippen molar-refractivity contribution in [3.8, 4) is 0 Å². The molecule has 152 valence electrons. The third kappa shape index (κ3) is 3.28. The lowest BCUT2D eigenvalue weighted by Gasteiger charge is -2.57. The molecule has 2 saturated carbocycles. The van der Waals surface area contributed by atoms with E-state index < -0.39 is 0 Å². The third-order valence-corrected chi connectivity index (χ3v) is 9.85. The third-order valence-electron chi connectivity index (χ3n) is 9.85. The Labute approximate surface area is 169 Å². The Hall–Kier alpha value is -0.520. The summed E-state index contributed by atoms with van der Waals surface area (Å²) in [5.74, 6) is 5.70. The van der Waals surface area contributed by atoms with Crippen LogP contribution in [0, 0.1) is 46.3 Å². The van der Waals surface area contributed by atoms with Crippen molar-refractivity contribution in [3.63, 3.8) is 0 Å². The molecule has 4 aliphatic carbocycles. The maximum absolute atomic E-state index is 2.72. The molecule has 7 atom stereocenters. The van der Waals surface area contributed by atoms with E-state index in [1.807, 2.05) is 0 Å². The summed E-state index contributed by atoms with van der Waals surface area (Å²) in [5.41, 5.74) is 2.81. The van der Waals surface area contributed by atoms with Gasteiger partial charge in [0.1, 0.15) is 0 Å². The van der Waals surface area contributed by atoms with Gasteiger partial charge < -0.3 is 0 Å². The largest absolute Gasteiger partial charge is 0.0842 e. The van der Waals surface area contributed by atoms with E-state index in [0.29, 0.717) is 10.8 Å². The molecule has 0 aliphatic heterocycles. The fourth-order valence-corrected chi connectivity index (χ4v) is 8.32. The Morgan fingerprint density at radius 2 is 1.81 bits per heavy atom. The summed E-state index contributed by atoms with van der Waals surface area (Å²) in [6.07, 6.45) is 22.0. The van der Waals surface area contributed by atoms with Crippen molar-refractivity contribution in [2.45, 2.75) is 98.8 Å². The average Bonchev–Trinajstić information content (AvgIpc) is 2.98. The predicted octanol–water partition coefficient (Wildman–Crippen LogP) is 8.19. The van der Waals surface area contributed by atoms with Crippen LogP contribution in [0.4, 0.5) is 0 Å². The van der Waals surface area contributed by atoms with Crippen molar-refractivity contribution in [3.05, 3.63) is 23.8 Å². The van der Waals surface area contributed by atoms with Crippen LogP contribution in [-0.2, 0) is 0 Å². The average molecular weight is 369 g/mol. The molecule has 0 radical (unpaired) electrons. The molecule has 0 heteroatoms. The Kier molecular flexibility index (Phi) is 5.41. The number of hydrogen-bond acceptors (Lipinski definition) is 0. The normalized spacial score (nSPS) is 44.4. The molecule has 0 bridgehead atoms. The van der Waals surface area contributed by atoms with Gasteiger partial charge in [-0.15, -0.1) is 0 Å². The summed E-state index contributed by atoms with van der Waals surface area (Å²) in [7, 11) is 0. The van der Waals surface area contributed by atoms with Crippen LogP contribution in [0.25, 0.3) is 0 Å². The molecule has 0 aromatic heterocycles. The van der Waals surface area contributed by atoms with Gasteiger partial charge in [0.05, 0.1) is 0 Å². The van der Waals surface area contributed by atoms with E-state index >= 15 is 0 Å². The van der Waals surface area contributed by atoms with E-state index in [1.54, 1.807) is 5.57 Å². The minimum absolute atomic E-state index is 0.486. The van der Waals surface area contributed by atoms with Gasteiger partial charge in [0.15, 0.2) is 0 Å². The van der Waals surface area contributed by atoms with Crippen LogP contribution in [0.15, 0.2) is 23.8 Å². The Morgan fingerprint density at radius 1 is 1.00 bits per heavy atom. The van der Waals surface area contributed by atoms with Gasteiger partial charge in [0.25, 0.3) is 0 Å². The Bertz CT molecular complexity index is 595. The van der Waals surface area contributed by atoms with Crippen molar-refractivity contribution < 1.29 is 0 Å². The van der Waals surface area contributed by atoms with Crippen molar-refractivity contribution in [2.75, 3.05) is 0 Å². The van der Waals surface area contributed by atoms with Gasteiger partial charge in [0, 0.05) is 0 Å². The zero-order valence-corrected chi connectivity index (χ0v) is 18.8. The molecule has 0 heterocycles. The maximum atomic E-state index is 2.72. The van der Waals surface area contributed by atoms with Gasteiger partial charge in [-0.2, -0.15) is 0 Å². The second kappa shape index (κ2) is 7.38. The second-order valence-electron chi connectivity index (χ2n) is 11.7. The van der Waals surface area contributed by atoms with E-state index in [2.05, 4.69) is 52.8 Å². The lowest BCUT2D eigenvalue weighted by molar-refractivity contribution is -0.0451. The first-order valence-electron chi connectivity index (χ1n) is 12.2. The second-order valence-corrected chi connectivity index (χ2v) is 11.7. The highest BCUT2D eigenvalue weighted by Crippen LogP contribution is 2.66. The molecule has 0 spiro atoms. The van der Waals surface area contributed by atoms with Crippen LogP contribution in [0.1, 0.15) is 98.8 Å².